The van der Waals surface area contributed by atoms with Gasteiger partial charge in [0, 0.05) is 24.4 Å². The molecule has 2 aromatic rings. The van der Waals surface area contributed by atoms with Crippen LogP contribution in [0.15, 0.2) is 28.4 Å². The summed E-state index contributed by atoms with van der Waals surface area (Å²) in [4.78, 5) is 37.0. The molecule has 11 nitrogen and oxygen atoms in total. The number of nitro groups is 1. The van der Waals surface area contributed by atoms with Crippen LogP contribution in [0.3, 0.4) is 0 Å². The number of carbonyl (C=O) groups excluding carboxylic acids is 1. The van der Waals surface area contributed by atoms with Gasteiger partial charge in [-0.1, -0.05) is 79.4 Å². The molecule has 4 fully saturated rings. The molecular formula is C44H64N4O7. The number of fused-ring (bicyclic) bond motifs is 8. The molecule has 7 rings (SSSR count). The average molecular weight is 761 g/mol. The molecule has 1 heterocycles. The Balaban J connectivity index is 0.916. The van der Waals surface area contributed by atoms with Crippen LogP contribution in [0, 0.1) is 60.4 Å². The molecule has 0 bridgehead atoms. The number of carboxylic acid groups (broad SMARTS) is 1. The summed E-state index contributed by atoms with van der Waals surface area (Å²) >= 11 is 0. The summed E-state index contributed by atoms with van der Waals surface area (Å²) in [6.45, 7) is 17.7. The molecule has 5 aliphatic carbocycles. The fourth-order valence-electron chi connectivity index (χ4n) is 13.3. The largest absolute Gasteiger partial charge is 0.481 e. The first-order chi connectivity index (χ1) is 25.9. The monoisotopic (exact) mass is 760 g/mol. The van der Waals surface area contributed by atoms with Gasteiger partial charge in [-0.05, 0) is 133 Å². The van der Waals surface area contributed by atoms with Crippen molar-refractivity contribution >= 4 is 34.3 Å². The molecule has 0 unspecified atom stereocenters. The molecule has 302 valence electrons. The number of carbonyl (C=O) groups is 2. The van der Waals surface area contributed by atoms with Crippen LogP contribution in [-0.4, -0.2) is 44.9 Å². The molecule has 55 heavy (non-hydrogen) atoms. The van der Waals surface area contributed by atoms with Crippen molar-refractivity contribution in [2.24, 2.45) is 50.2 Å². The minimum atomic E-state index is -0.615. The first kappa shape index (κ1) is 39.7. The van der Waals surface area contributed by atoms with Gasteiger partial charge in [0.25, 0.3) is 0 Å². The van der Waals surface area contributed by atoms with Crippen LogP contribution < -0.4 is 5.32 Å². The summed E-state index contributed by atoms with van der Waals surface area (Å²) in [5.41, 5.74) is 2.16. The van der Waals surface area contributed by atoms with E-state index in [4.69, 9.17) is 9.37 Å². The number of ether oxygens (including phenoxy) is 1. The lowest BCUT2D eigenvalue weighted by Gasteiger charge is -2.71. The molecule has 0 amide bonds. The number of non-ortho nitro benzene ring substituents is 1. The van der Waals surface area contributed by atoms with Gasteiger partial charge in [-0.15, -0.1) is 0 Å². The highest BCUT2D eigenvalue weighted by Crippen LogP contribution is 2.76. The molecule has 1 aromatic carbocycles. The fraction of sp³-hybridized carbons (Fsp3) is 0.773. The van der Waals surface area contributed by atoms with E-state index in [2.05, 4.69) is 70.2 Å². The van der Waals surface area contributed by atoms with Gasteiger partial charge in [0.2, 0.25) is 5.52 Å². The normalized spacial score (nSPS) is 36.0. The maximum absolute atomic E-state index is 13.3. The first-order valence-electron chi connectivity index (χ1n) is 21.2. The Morgan fingerprint density at radius 1 is 0.909 bits per heavy atom. The maximum Gasteiger partial charge on any atom is 0.310 e. The quantitative estimate of drug-likeness (QED) is 0.0701. The second-order valence-electron chi connectivity index (χ2n) is 20.3. The van der Waals surface area contributed by atoms with Crippen LogP contribution in [0.4, 0.5) is 11.4 Å². The number of aliphatic carboxylic acids is 1. The third-order valence-corrected chi connectivity index (χ3v) is 16.7. The number of hydrogen-bond acceptors (Lipinski definition) is 9. The van der Waals surface area contributed by atoms with Crippen LogP contribution in [-0.2, 0) is 14.3 Å². The summed E-state index contributed by atoms with van der Waals surface area (Å²) < 4.78 is 11.1. The Bertz CT molecular complexity index is 1850. The van der Waals surface area contributed by atoms with Gasteiger partial charge in [0.05, 0.1) is 16.0 Å². The van der Waals surface area contributed by atoms with E-state index in [1.807, 2.05) is 0 Å². The van der Waals surface area contributed by atoms with E-state index in [9.17, 15) is 24.8 Å². The summed E-state index contributed by atoms with van der Waals surface area (Å²) in [6.07, 6.45) is 17.3. The summed E-state index contributed by atoms with van der Waals surface area (Å²) in [5.74, 6) is 0.438. The van der Waals surface area contributed by atoms with Gasteiger partial charge < -0.3 is 15.2 Å². The highest BCUT2D eigenvalue weighted by atomic mass is 16.6. The lowest BCUT2D eigenvalue weighted by atomic mass is 9.33. The number of hydrogen-bond donors (Lipinski definition) is 2. The Morgan fingerprint density at radius 3 is 2.36 bits per heavy atom. The topological polar surface area (TPSA) is 158 Å². The standard InChI is InChI=1S/C44H64N4O7/c1-39(2)22-24-44(38(50)51)25-23-42(6)28(29(44)27-39)14-17-33-41(5)20-19-34(40(3,4)32(41)18-21-43(33,42)7)54-35(49)13-11-9-8-10-12-26-45-30-15-16-31(48(52)53)37-36(30)46-55-47-37/h14-16,29,32-34,45H,8-13,17-27H2,1-7H3,(H,50,51)/t29-,32-,33+,34-,41-,42+,43+,44-/m0/s1. The van der Waals surface area contributed by atoms with Crippen molar-refractivity contribution in [1.82, 2.24) is 10.3 Å². The molecule has 2 N–H and O–H groups in total. The predicted octanol–water partition coefficient (Wildman–Crippen LogP) is 10.7. The molecule has 4 saturated carbocycles. The second-order valence-corrected chi connectivity index (χ2v) is 20.3. The van der Waals surface area contributed by atoms with Crippen LogP contribution in [0.25, 0.3) is 11.0 Å². The van der Waals surface area contributed by atoms with E-state index < -0.39 is 16.3 Å². The number of nitrogens with zero attached hydrogens (tertiary/aromatic N) is 3. The first-order valence-corrected chi connectivity index (χ1v) is 21.2. The molecule has 0 spiro atoms. The average Bonchev–Trinajstić information content (AvgIpc) is 3.61. The Morgan fingerprint density at radius 2 is 1.62 bits per heavy atom. The minimum Gasteiger partial charge on any atom is -0.481 e. The van der Waals surface area contributed by atoms with Gasteiger partial charge in [0.15, 0.2) is 5.52 Å². The Kier molecular flexibility index (Phi) is 10.2. The number of esters is 1. The zero-order valence-corrected chi connectivity index (χ0v) is 34.3. The van der Waals surface area contributed by atoms with Crippen molar-refractivity contribution in [3.63, 3.8) is 0 Å². The van der Waals surface area contributed by atoms with Crippen molar-refractivity contribution in [3.8, 4) is 0 Å². The number of benzene rings is 1. The van der Waals surface area contributed by atoms with Crippen molar-refractivity contribution < 1.29 is 29.0 Å². The summed E-state index contributed by atoms with van der Waals surface area (Å²) in [5, 5.41) is 32.7. The zero-order valence-electron chi connectivity index (χ0n) is 34.3. The van der Waals surface area contributed by atoms with Gasteiger partial charge in [-0.3, -0.25) is 19.7 Å². The molecule has 0 radical (unpaired) electrons. The fourth-order valence-corrected chi connectivity index (χ4v) is 13.3. The van der Waals surface area contributed by atoms with Crippen molar-refractivity contribution in [3.05, 3.63) is 33.9 Å². The number of carboxylic acids is 1. The molecule has 0 saturated heterocycles. The number of allylic oxidation sites excluding steroid dienone is 2. The van der Waals surface area contributed by atoms with Crippen molar-refractivity contribution in [2.45, 2.75) is 157 Å². The number of rotatable bonds is 12. The third kappa shape index (κ3) is 6.47. The number of nitrogens with one attached hydrogen (secondary N) is 1. The van der Waals surface area contributed by atoms with E-state index in [0.717, 1.165) is 96.3 Å². The Hall–Kier alpha value is -3.50. The lowest BCUT2D eigenvalue weighted by molar-refractivity contribution is -0.383. The summed E-state index contributed by atoms with van der Waals surface area (Å²) in [7, 11) is 0. The zero-order chi connectivity index (χ0) is 39.6. The second kappa shape index (κ2) is 14.2. The van der Waals surface area contributed by atoms with Gasteiger partial charge in [0.1, 0.15) is 6.10 Å². The van der Waals surface area contributed by atoms with Crippen LogP contribution in [0.2, 0.25) is 0 Å². The molecular weight excluding hydrogens is 697 g/mol. The van der Waals surface area contributed by atoms with E-state index in [-0.39, 0.29) is 56.3 Å². The van der Waals surface area contributed by atoms with Gasteiger partial charge in [-0.25, -0.2) is 4.63 Å². The molecule has 1 aromatic heterocycles. The number of unbranched alkanes of at least 4 members (excludes halogenated alkanes) is 4. The van der Waals surface area contributed by atoms with Crippen LogP contribution in [0.1, 0.15) is 151 Å². The smallest absolute Gasteiger partial charge is 0.310 e. The minimum absolute atomic E-state index is 0.000299. The Labute approximate surface area is 326 Å². The number of anilines is 1. The van der Waals surface area contributed by atoms with Gasteiger partial charge >= 0.3 is 17.6 Å². The van der Waals surface area contributed by atoms with Crippen LogP contribution >= 0.6 is 0 Å². The van der Waals surface area contributed by atoms with E-state index >= 15 is 0 Å². The summed E-state index contributed by atoms with van der Waals surface area (Å²) in [6, 6.07) is 3.05. The highest BCUT2D eigenvalue weighted by Gasteiger charge is 2.69. The third-order valence-electron chi connectivity index (χ3n) is 16.7. The molecule has 8 atom stereocenters. The maximum atomic E-state index is 13.3. The van der Waals surface area contributed by atoms with E-state index in [1.165, 1.54) is 11.6 Å². The van der Waals surface area contributed by atoms with E-state index in [0.29, 0.717) is 36.0 Å². The van der Waals surface area contributed by atoms with Crippen molar-refractivity contribution in [2.75, 3.05) is 11.9 Å². The molecule has 11 heteroatoms. The predicted molar refractivity (Wildman–Crippen MR) is 211 cm³/mol. The van der Waals surface area contributed by atoms with Gasteiger partial charge in [-0.2, -0.15) is 0 Å². The lowest BCUT2D eigenvalue weighted by Crippen LogP contribution is -2.65. The van der Waals surface area contributed by atoms with E-state index in [1.54, 1.807) is 6.07 Å². The highest BCUT2D eigenvalue weighted by molar-refractivity contribution is 5.93. The SMILES string of the molecule is CC1(C)CC[C@]2(C(=O)O)CC[C@]3(C)C(=CC[C@@H]4[C@@]5(C)CC[C@H](OC(=O)CCCCCCCNc6ccc([N+](=O)[O-])c7nonc67)C(C)(C)[C@@H]5CC[C@]43C)[C@@H]2C1. The number of aromatic nitrogens is 2. The molecule has 5 aliphatic rings. The molecule has 0 aliphatic heterocycles. The number of nitro benzene ring substituents is 1. The van der Waals surface area contributed by atoms with Crippen LogP contribution in [0.5, 0.6) is 0 Å². The van der Waals surface area contributed by atoms with Crippen molar-refractivity contribution in [1.29, 1.82) is 0 Å².